The molecule has 8 nitrogen and oxygen atoms in total. The minimum Gasteiger partial charge on any atom is -0.489 e. The fraction of sp³-hybridized carbons (Fsp3) is 0.471. The van der Waals surface area contributed by atoms with Crippen molar-refractivity contribution in [1.82, 2.24) is 14.9 Å². The molecular weight excluding hydrogens is 594 g/mol. The fourth-order valence-electron chi connectivity index (χ4n) is 5.92. The minimum absolute atomic E-state index is 0.0398. The van der Waals surface area contributed by atoms with Gasteiger partial charge in [0.05, 0.1) is 33.8 Å². The molecule has 0 bridgehead atoms. The molecule has 2 aromatic carbocycles. The Hall–Kier alpha value is -3.14. The van der Waals surface area contributed by atoms with E-state index in [1.54, 1.807) is 38.1 Å². The SMILES string of the molecule is Cc1cc(Nc2ncc(Cl)c(Nc3ccccc3S(=O)(=O)C(C)C)n2)c(OC(C)C)cc1C1=C[C@H](C2CCC2)N(C)[C@@H](C)C1. The average molecular weight is 638 g/mol. The molecule has 2 atom stereocenters. The normalized spacial score (nSPS) is 19.5. The first-order chi connectivity index (χ1) is 20.8. The van der Waals surface area contributed by atoms with Gasteiger partial charge in [0, 0.05) is 12.1 Å². The van der Waals surface area contributed by atoms with E-state index in [0.29, 0.717) is 29.5 Å². The predicted octanol–water partition coefficient (Wildman–Crippen LogP) is 8.17. The minimum atomic E-state index is -3.54. The smallest absolute Gasteiger partial charge is 0.229 e. The lowest BCUT2D eigenvalue weighted by Gasteiger charge is -2.44. The molecule has 44 heavy (non-hydrogen) atoms. The van der Waals surface area contributed by atoms with Crippen LogP contribution in [0.4, 0.5) is 23.1 Å². The number of nitrogens with one attached hydrogen (secondary N) is 2. The van der Waals surface area contributed by atoms with Crippen LogP contribution in [0.3, 0.4) is 0 Å². The monoisotopic (exact) mass is 637 g/mol. The van der Waals surface area contributed by atoms with E-state index in [0.717, 1.165) is 29.3 Å². The van der Waals surface area contributed by atoms with Crippen molar-refractivity contribution in [3.05, 3.63) is 64.8 Å². The zero-order valence-corrected chi connectivity index (χ0v) is 28.3. The molecule has 1 aliphatic heterocycles. The van der Waals surface area contributed by atoms with E-state index in [4.69, 9.17) is 16.3 Å². The van der Waals surface area contributed by atoms with Crippen LogP contribution in [0.5, 0.6) is 5.75 Å². The second kappa shape index (κ2) is 13.1. The third-order valence-electron chi connectivity index (χ3n) is 8.78. The van der Waals surface area contributed by atoms with E-state index in [-0.39, 0.29) is 16.0 Å². The van der Waals surface area contributed by atoms with Crippen LogP contribution in [0.1, 0.15) is 71.4 Å². The largest absolute Gasteiger partial charge is 0.489 e. The molecule has 3 aromatic rings. The third kappa shape index (κ3) is 6.75. The lowest BCUT2D eigenvalue weighted by Crippen LogP contribution is -2.46. The van der Waals surface area contributed by atoms with Crippen molar-refractivity contribution < 1.29 is 13.2 Å². The average Bonchev–Trinajstić information content (AvgIpc) is 2.93. The van der Waals surface area contributed by atoms with Crippen LogP contribution >= 0.6 is 11.6 Å². The summed E-state index contributed by atoms with van der Waals surface area (Å²) >= 11 is 6.48. The second-order valence-corrected chi connectivity index (χ2v) is 15.5. The Morgan fingerprint density at radius 3 is 2.45 bits per heavy atom. The zero-order chi connectivity index (χ0) is 31.8. The number of aryl methyl sites for hydroxylation is 1. The van der Waals surface area contributed by atoms with Crippen LogP contribution in [0.15, 0.2) is 53.6 Å². The van der Waals surface area contributed by atoms with Crippen LogP contribution in [0.25, 0.3) is 5.57 Å². The quantitative estimate of drug-likeness (QED) is 0.230. The first-order valence-electron chi connectivity index (χ1n) is 15.5. The molecule has 0 unspecified atom stereocenters. The van der Waals surface area contributed by atoms with E-state index in [1.807, 2.05) is 13.8 Å². The summed E-state index contributed by atoms with van der Waals surface area (Å²) in [7, 11) is -1.28. The van der Waals surface area contributed by atoms with Gasteiger partial charge in [-0.05, 0) is 115 Å². The Morgan fingerprint density at radius 1 is 1.07 bits per heavy atom. The molecule has 1 saturated carbocycles. The summed E-state index contributed by atoms with van der Waals surface area (Å²) < 4.78 is 32.3. The first-order valence-corrected chi connectivity index (χ1v) is 17.4. The van der Waals surface area contributed by atoms with Crippen LogP contribution < -0.4 is 15.4 Å². The summed E-state index contributed by atoms with van der Waals surface area (Å²) in [4.78, 5) is 11.8. The maximum absolute atomic E-state index is 13.0. The van der Waals surface area contributed by atoms with Crippen molar-refractivity contribution in [2.75, 3.05) is 17.7 Å². The molecular formula is C34H44ClN5O3S. The molecule has 1 aliphatic carbocycles. The number of para-hydroxylation sites is 1. The highest BCUT2D eigenvalue weighted by atomic mass is 35.5. The summed E-state index contributed by atoms with van der Waals surface area (Å²) in [6.45, 7) is 11.8. The Kier molecular flexibility index (Phi) is 9.58. The van der Waals surface area contributed by atoms with Crippen molar-refractivity contribution in [3.63, 3.8) is 0 Å². The van der Waals surface area contributed by atoms with Crippen molar-refractivity contribution in [2.45, 2.75) is 95.6 Å². The number of nitrogens with zero attached hydrogens (tertiary/aromatic N) is 3. The number of ether oxygens (including phenoxy) is 1. The van der Waals surface area contributed by atoms with Gasteiger partial charge in [-0.15, -0.1) is 0 Å². The van der Waals surface area contributed by atoms with Crippen molar-refractivity contribution >= 4 is 50.2 Å². The molecule has 10 heteroatoms. The first kappa shape index (κ1) is 32.3. The van der Waals surface area contributed by atoms with Gasteiger partial charge in [-0.3, -0.25) is 4.90 Å². The summed E-state index contributed by atoms with van der Waals surface area (Å²) in [6, 6.07) is 11.9. The number of rotatable bonds is 10. The number of sulfone groups is 1. The number of hydrogen-bond donors (Lipinski definition) is 2. The molecule has 1 aromatic heterocycles. The maximum atomic E-state index is 13.0. The molecule has 0 spiro atoms. The van der Waals surface area contributed by atoms with Gasteiger partial charge >= 0.3 is 0 Å². The van der Waals surface area contributed by atoms with E-state index in [1.165, 1.54) is 36.6 Å². The number of anilines is 4. The topological polar surface area (TPSA) is 96.5 Å². The van der Waals surface area contributed by atoms with Crippen molar-refractivity contribution in [2.24, 2.45) is 5.92 Å². The highest BCUT2D eigenvalue weighted by molar-refractivity contribution is 7.92. The van der Waals surface area contributed by atoms with Crippen LogP contribution in [-0.4, -0.2) is 53.8 Å². The van der Waals surface area contributed by atoms with Gasteiger partial charge in [0.1, 0.15) is 10.8 Å². The Labute approximate surface area is 267 Å². The molecule has 1 fully saturated rings. The van der Waals surface area contributed by atoms with Crippen LogP contribution in [0.2, 0.25) is 5.02 Å². The number of hydrogen-bond acceptors (Lipinski definition) is 8. The lowest BCUT2D eigenvalue weighted by atomic mass is 9.75. The molecule has 0 amide bonds. The van der Waals surface area contributed by atoms with Gasteiger partial charge in [0.25, 0.3) is 0 Å². The molecule has 5 rings (SSSR count). The number of aromatic nitrogens is 2. The Bertz CT molecular complexity index is 1650. The molecule has 0 saturated heterocycles. The van der Waals surface area contributed by atoms with Gasteiger partial charge in [-0.2, -0.15) is 4.98 Å². The number of halogens is 1. The second-order valence-electron chi connectivity index (χ2n) is 12.7. The molecule has 2 aliphatic rings. The van der Waals surface area contributed by atoms with Gasteiger partial charge in [-0.25, -0.2) is 13.4 Å². The van der Waals surface area contributed by atoms with Gasteiger partial charge in [0.15, 0.2) is 15.7 Å². The summed E-state index contributed by atoms with van der Waals surface area (Å²) in [5.41, 5.74) is 4.86. The molecule has 2 heterocycles. The van der Waals surface area contributed by atoms with Crippen LogP contribution in [-0.2, 0) is 9.84 Å². The number of likely N-dealkylation sites (N-methyl/N-ethyl adjacent to an activating group) is 1. The maximum Gasteiger partial charge on any atom is 0.229 e. The van der Waals surface area contributed by atoms with Gasteiger partial charge < -0.3 is 15.4 Å². The van der Waals surface area contributed by atoms with Gasteiger partial charge in [-0.1, -0.05) is 36.2 Å². The Morgan fingerprint density at radius 2 is 1.80 bits per heavy atom. The molecule has 2 N–H and O–H groups in total. The van der Waals surface area contributed by atoms with Crippen molar-refractivity contribution in [3.8, 4) is 5.75 Å². The van der Waals surface area contributed by atoms with Gasteiger partial charge in [0.2, 0.25) is 5.95 Å². The van der Waals surface area contributed by atoms with E-state index >= 15 is 0 Å². The summed E-state index contributed by atoms with van der Waals surface area (Å²) in [6.07, 6.45) is 8.84. The lowest BCUT2D eigenvalue weighted by molar-refractivity contribution is 0.114. The standard InChI is InChI=1S/C34H44ClN5O3S/c1-20(2)43-31-18-26(25-16-23(6)40(7)30(17-25)24-11-10-12-24)22(5)15-29(31)38-34-36-19-27(35)33(39-34)37-28-13-8-9-14-32(28)44(41,42)21(3)4/h8-9,13-15,17-21,23-24,30H,10-12,16H2,1-7H3,(H2,36,37,38,39)/t23-,30+/m0/s1. The number of benzene rings is 2. The van der Waals surface area contributed by atoms with E-state index in [9.17, 15) is 8.42 Å². The van der Waals surface area contributed by atoms with E-state index in [2.05, 4.69) is 64.6 Å². The molecule has 0 radical (unpaired) electrons. The summed E-state index contributed by atoms with van der Waals surface area (Å²) in [5.74, 6) is 2.05. The Balaban J connectivity index is 1.47. The van der Waals surface area contributed by atoms with E-state index < -0.39 is 15.1 Å². The highest BCUT2D eigenvalue weighted by Gasteiger charge is 2.34. The zero-order valence-electron chi connectivity index (χ0n) is 26.7. The van der Waals surface area contributed by atoms with Crippen LogP contribution in [0, 0.1) is 12.8 Å². The van der Waals surface area contributed by atoms with Crippen molar-refractivity contribution in [1.29, 1.82) is 0 Å². The predicted molar refractivity (Wildman–Crippen MR) is 180 cm³/mol. The fourth-order valence-corrected chi connectivity index (χ4v) is 7.26. The highest BCUT2D eigenvalue weighted by Crippen LogP contribution is 2.42. The molecule has 236 valence electrons. The third-order valence-corrected chi connectivity index (χ3v) is 11.3. The summed E-state index contributed by atoms with van der Waals surface area (Å²) in [5, 5.41) is 6.15.